The molecule has 552 valence electrons. The number of hydrogen-bond donors (Lipinski definition) is 0. The Balaban J connectivity index is 0.757. The number of ether oxygens (including phenoxy) is 11. The summed E-state index contributed by atoms with van der Waals surface area (Å²) in [5.74, 6) is -0.318. The van der Waals surface area contributed by atoms with Crippen molar-refractivity contribution in [1.82, 2.24) is 9.97 Å². The molecule has 0 amide bonds. The van der Waals surface area contributed by atoms with E-state index in [9.17, 15) is 37.1 Å². The number of carbonyl (C=O) groups is 5. The van der Waals surface area contributed by atoms with E-state index in [-0.39, 0.29) is 104 Å². The van der Waals surface area contributed by atoms with Crippen LogP contribution in [0.2, 0.25) is 0 Å². The molecule has 21 heteroatoms. The average Bonchev–Trinajstić information content (AvgIpc) is 0.730. The van der Waals surface area contributed by atoms with Crippen LogP contribution in [0.15, 0.2) is 152 Å². The van der Waals surface area contributed by atoms with Crippen LogP contribution in [0.25, 0.3) is 54.7 Å². The van der Waals surface area contributed by atoms with Gasteiger partial charge in [0.05, 0.1) is 98.6 Å². The van der Waals surface area contributed by atoms with Crippen LogP contribution in [0.3, 0.4) is 0 Å². The van der Waals surface area contributed by atoms with Crippen molar-refractivity contribution in [3.8, 4) is 51.4 Å². The van der Waals surface area contributed by atoms with E-state index < -0.39 is 24.7 Å². The maximum atomic E-state index is 13.9. The van der Waals surface area contributed by atoms with Crippen molar-refractivity contribution in [3.05, 3.63) is 152 Å². The third-order valence-corrected chi connectivity index (χ3v) is 18.8. The first-order valence-corrected chi connectivity index (χ1v) is 36.2. The normalized spacial score (nSPS) is 16.3. The second-order valence-corrected chi connectivity index (χ2v) is 27.3. The largest absolute Gasteiger partial charge is 0.494 e. The van der Waals surface area contributed by atoms with Crippen LogP contribution < -0.4 is 33.2 Å². The summed E-state index contributed by atoms with van der Waals surface area (Å²) in [6, 6.07) is 39.1. The molecule has 0 aliphatic heterocycles. The van der Waals surface area contributed by atoms with Gasteiger partial charge in [-0.3, -0.25) is 14.4 Å². The summed E-state index contributed by atoms with van der Waals surface area (Å²) in [6.07, 6.45) is 5.03. The Morgan fingerprint density at radius 1 is 0.452 bits per heavy atom. The van der Waals surface area contributed by atoms with Crippen LogP contribution in [0.1, 0.15) is 124 Å². The molecule has 2 aliphatic rings. The molecule has 104 heavy (non-hydrogen) atoms. The summed E-state index contributed by atoms with van der Waals surface area (Å²) in [4.78, 5) is 72.5. The number of esters is 5. The van der Waals surface area contributed by atoms with Gasteiger partial charge >= 0.3 is 36.0 Å². The zero-order chi connectivity index (χ0) is 73.5. The zero-order valence-corrected chi connectivity index (χ0v) is 59.7. The van der Waals surface area contributed by atoms with Crippen LogP contribution in [0.4, 0.5) is 13.2 Å². The zero-order valence-electron chi connectivity index (χ0n) is 59.7. The Morgan fingerprint density at radius 2 is 0.923 bits per heavy atom. The van der Waals surface area contributed by atoms with Crippen molar-refractivity contribution in [2.75, 3.05) is 66.1 Å². The van der Waals surface area contributed by atoms with Gasteiger partial charge in [0.25, 0.3) is 0 Å². The molecule has 7 aromatic carbocycles. The van der Waals surface area contributed by atoms with Gasteiger partial charge in [0, 0.05) is 21.9 Å². The van der Waals surface area contributed by atoms with E-state index in [1.165, 1.54) is 24.3 Å². The summed E-state index contributed by atoms with van der Waals surface area (Å²) < 4.78 is 105. The number of carbonyl (C=O) groups excluding carboxylic acids is 5. The fraction of sp³-hybridized carbons (Fsp3) is 0.434. The SMILES string of the molecule is C=C(C)C(=O)OCCCCCCOc1ccc(OC(=O)C2CCC(COc3ccc4c5ccc(OCC6CCC(C(=O)Oc7ccc(OCC(CCCCOC(=O)C(C)C)C(F)(F)F)cc7)CC6)cc5c5nc6ccc(-c7cccc(OCCOCCOC(=O)C(=C)C)c7)cc6nc5c4c3)CC2)cc1. The smallest absolute Gasteiger partial charge is 0.395 e. The molecule has 18 nitrogen and oxygen atoms in total. The number of nitrogens with zero attached hydrogens (tertiary/aromatic N) is 2. The lowest BCUT2D eigenvalue weighted by molar-refractivity contribution is -0.184. The van der Waals surface area contributed by atoms with Crippen molar-refractivity contribution in [2.45, 2.75) is 130 Å². The number of alkyl halides is 3. The molecular formula is C83H93F3N2O16. The van der Waals surface area contributed by atoms with Crippen LogP contribution in [0, 0.1) is 35.5 Å². The Bertz CT molecular complexity index is 4260. The summed E-state index contributed by atoms with van der Waals surface area (Å²) in [7, 11) is 0. The summed E-state index contributed by atoms with van der Waals surface area (Å²) >= 11 is 0. The van der Waals surface area contributed by atoms with E-state index in [0.29, 0.717) is 127 Å². The van der Waals surface area contributed by atoms with Crippen molar-refractivity contribution < 1.29 is 89.2 Å². The third kappa shape index (κ3) is 22.4. The summed E-state index contributed by atoms with van der Waals surface area (Å²) in [6.45, 7) is 16.0. The predicted octanol–water partition coefficient (Wildman–Crippen LogP) is 17.8. The minimum Gasteiger partial charge on any atom is -0.494 e. The lowest BCUT2D eigenvalue weighted by atomic mass is 9.82. The molecule has 1 unspecified atom stereocenters. The number of hydrogen-bond acceptors (Lipinski definition) is 18. The molecule has 0 bridgehead atoms. The van der Waals surface area contributed by atoms with Crippen molar-refractivity contribution >= 4 is 73.5 Å². The van der Waals surface area contributed by atoms with Gasteiger partial charge in [0.1, 0.15) is 53.5 Å². The van der Waals surface area contributed by atoms with Gasteiger partial charge in [0.2, 0.25) is 0 Å². The van der Waals surface area contributed by atoms with Crippen molar-refractivity contribution in [3.63, 3.8) is 0 Å². The van der Waals surface area contributed by atoms with Gasteiger partial charge in [-0.05, 0) is 253 Å². The second-order valence-electron chi connectivity index (χ2n) is 27.3. The van der Waals surface area contributed by atoms with E-state index in [1.54, 1.807) is 39.8 Å². The minimum atomic E-state index is -4.47. The highest BCUT2D eigenvalue weighted by Gasteiger charge is 2.40. The van der Waals surface area contributed by atoms with Gasteiger partial charge < -0.3 is 52.1 Å². The highest BCUT2D eigenvalue weighted by atomic mass is 19.4. The monoisotopic (exact) mass is 1430 g/mol. The number of unbranched alkanes of at least 4 members (excludes halogenated alkanes) is 4. The number of benzene rings is 7. The molecule has 2 aliphatic carbocycles. The van der Waals surface area contributed by atoms with Crippen LogP contribution >= 0.6 is 0 Å². The Hall–Kier alpha value is -9.76. The first kappa shape index (κ1) is 76.9. The lowest BCUT2D eigenvalue weighted by Gasteiger charge is -2.27. The maximum absolute atomic E-state index is 13.9. The van der Waals surface area contributed by atoms with E-state index in [0.717, 1.165) is 84.0 Å². The highest BCUT2D eigenvalue weighted by molar-refractivity contribution is 6.24. The quantitative estimate of drug-likeness (QED) is 0.00673. The number of rotatable bonds is 37. The third-order valence-electron chi connectivity index (χ3n) is 18.8. The molecule has 0 N–H and O–H groups in total. The van der Waals surface area contributed by atoms with Crippen LogP contribution in [-0.4, -0.2) is 112 Å². The van der Waals surface area contributed by atoms with Crippen LogP contribution in [0.5, 0.6) is 40.2 Å². The average molecular weight is 1430 g/mol. The van der Waals surface area contributed by atoms with Gasteiger partial charge in [-0.2, -0.15) is 13.2 Å². The molecule has 10 rings (SSSR count). The lowest BCUT2D eigenvalue weighted by Crippen LogP contribution is -2.29. The molecule has 0 spiro atoms. The molecule has 2 fully saturated rings. The first-order chi connectivity index (χ1) is 50.2. The Kier molecular flexibility index (Phi) is 27.8. The fourth-order valence-electron chi connectivity index (χ4n) is 12.7. The molecule has 2 saturated carbocycles. The Labute approximate surface area is 604 Å². The van der Waals surface area contributed by atoms with E-state index in [4.69, 9.17) is 62.1 Å². The van der Waals surface area contributed by atoms with E-state index in [2.05, 4.69) is 25.3 Å². The molecule has 1 aromatic heterocycles. The van der Waals surface area contributed by atoms with E-state index >= 15 is 0 Å². The number of aromatic nitrogens is 2. The predicted molar refractivity (Wildman–Crippen MR) is 390 cm³/mol. The van der Waals surface area contributed by atoms with Crippen molar-refractivity contribution in [1.29, 1.82) is 0 Å². The standard InChI is InChI=1S/C83H93F3N2O16/c1-53(2)78(89)97-40-11-8-7-10-39-95-63-26-30-65(31-27-63)103-81(92)58-21-17-57(18-22-58)51-101-69-35-37-71-70-36-34-68(100-50-56-19-23-59(24-20-56)82(93)104-66-32-28-64(29-33-66)102-52-62(83(84,85)86)15-9-12-41-98-79(90)54(3)4)48-72(70)76-77(73(71)49-69)88-75-47-61(25-38-74(75)87-76)60-14-13-16-67(46-60)96-44-42-94-43-45-99-80(91)55(5)6/h13-14,16,25-38,46-49,54,56-59,62H,1,5,7-12,15,17-24,39-45,50-52H2,2-4,6H3. The molecule has 0 radical (unpaired) electrons. The van der Waals surface area contributed by atoms with Crippen molar-refractivity contribution in [2.24, 2.45) is 35.5 Å². The maximum Gasteiger partial charge on any atom is 0.395 e. The molecule has 1 atom stereocenters. The summed E-state index contributed by atoms with van der Waals surface area (Å²) in [5.41, 5.74) is 5.31. The van der Waals surface area contributed by atoms with Gasteiger partial charge in [-0.25, -0.2) is 19.6 Å². The molecule has 1 heterocycles. The van der Waals surface area contributed by atoms with Crippen LogP contribution in [-0.2, 0) is 42.9 Å². The van der Waals surface area contributed by atoms with Gasteiger partial charge in [0.15, 0.2) is 0 Å². The molecular weight excluding hydrogens is 1340 g/mol. The summed E-state index contributed by atoms with van der Waals surface area (Å²) in [5, 5.41) is 3.65. The van der Waals surface area contributed by atoms with Gasteiger partial charge in [-0.15, -0.1) is 0 Å². The number of halogens is 3. The highest BCUT2D eigenvalue weighted by Crippen LogP contribution is 2.41. The first-order valence-electron chi connectivity index (χ1n) is 36.2. The van der Waals surface area contributed by atoms with Gasteiger partial charge in [-0.1, -0.05) is 45.2 Å². The fourth-order valence-corrected chi connectivity index (χ4v) is 12.7. The Morgan fingerprint density at radius 3 is 1.48 bits per heavy atom. The molecule has 8 aromatic rings. The second kappa shape index (κ2) is 37.6. The number of fused-ring (bicyclic) bond motifs is 7. The topological polar surface area (TPSA) is 213 Å². The minimum absolute atomic E-state index is 0.0659. The molecule has 0 saturated heterocycles. The van der Waals surface area contributed by atoms with E-state index in [1.807, 2.05) is 78.9 Å².